The average molecular weight is 361 g/mol. The van der Waals surface area contributed by atoms with Gasteiger partial charge < -0.3 is 24.8 Å². The van der Waals surface area contributed by atoms with Gasteiger partial charge in [0.05, 0.1) is 5.41 Å². The van der Waals surface area contributed by atoms with E-state index in [0.29, 0.717) is 0 Å². The van der Waals surface area contributed by atoms with Gasteiger partial charge in [0.1, 0.15) is 0 Å². The molecule has 0 aromatic rings. The summed E-state index contributed by atoms with van der Waals surface area (Å²) in [7, 11) is 9.12. The van der Waals surface area contributed by atoms with E-state index in [2.05, 4.69) is 17.6 Å². The van der Waals surface area contributed by atoms with Crippen LogP contribution in [0.25, 0.3) is 0 Å². The molecule has 5 heteroatoms. The summed E-state index contributed by atoms with van der Waals surface area (Å²) >= 11 is 0. The first-order valence-corrected chi connectivity index (χ1v) is 10.1. The van der Waals surface area contributed by atoms with Crippen LogP contribution in [0.4, 0.5) is 0 Å². The molecule has 0 aromatic carbocycles. The highest BCUT2D eigenvalue weighted by molar-refractivity contribution is 4.89. The third kappa shape index (κ3) is 7.92. The second kappa shape index (κ2) is 14.9. The summed E-state index contributed by atoms with van der Waals surface area (Å²) < 4.78 is 17.6. The first-order valence-electron chi connectivity index (χ1n) is 10.1. The van der Waals surface area contributed by atoms with Gasteiger partial charge in [0, 0.05) is 21.3 Å². The third-order valence-corrected chi connectivity index (χ3v) is 5.38. The second-order valence-electron chi connectivity index (χ2n) is 7.03. The molecule has 0 atom stereocenters. The van der Waals surface area contributed by atoms with Crippen LogP contribution in [0.5, 0.6) is 0 Å². The highest BCUT2D eigenvalue weighted by Crippen LogP contribution is 2.48. The first kappa shape index (κ1) is 24.8. The molecule has 0 aliphatic carbocycles. The molecular formula is C20H44N2O3. The smallest absolute Gasteiger partial charge is 0.288 e. The van der Waals surface area contributed by atoms with E-state index in [4.69, 9.17) is 14.2 Å². The van der Waals surface area contributed by atoms with Gasteiger partial charge in [-0.15, -0.1) is 0 Å². The Morgan fingerprint density at radius 1 is 0.640 bits per heavy atom. The molecule has 0 heterocycles. The van der Waals surface area contributed by atoms with Crippen LogP contribution in [0.2, 0.25) is 0 Å². The quantitative estimate of drug-likeness (QED) is 0.286. The van der Waals surface area contributed by atoms with Crippen molar-refractivity contribution in [2.75, 3.05) is 48.5 Å². The van der Waals surface area contributed by atoms with Crippen LogP contribution < -0.4 is 10.6 Å². The van der Waals surface area contributed by atoms with Gasteiger partial charge in [0.2, 0.25) is 0 Å². The van der Waals surface area contributed by atoms with Gasteiger partial charge in [0.15, 0.2) is 0 Å². The van der Waals surface area contributed by atoms with Gasteiger partial charge in [-0.2, -0.15) is 0 Å². The van der Waals surface area contributed by atoms with E-state index in [9.17, 15) is 0 Å². The van der Waals surface area contributed by atoms with E-state index in [0.717, 1.165) is 45.2 Å². The molecule has 0 spiro atoms. The van der Waals surface area contributed by atoms with Gasteiger partial charge in [-0.05, 0) is 59.3 Å². The van der Waals surface area contributed by atoms with Gasteiger partial charge in [-0.25, -0.2) is 0 Å². The van der Waals surface area contributed by atoms with E-state index in [1.54, 1.807) is 21.3 Å². The van der Waals surface area contributed by atoms with Crippen LogP contribution >= 0.6 is 0 Å². The normalized spacial score (nSPS) is 12.7. The van der Waals surface area contributed by atoms with Crippen molar-refractivity contribution in [1.29, 1.82) is 0 Å². The molecule has 0 rings (SSSR count). The summed E-state index contributed by atoms with van der Waals surface area (Å²) in [6, 6.07) is 0. The molecule has 152 valence electrons. The Morgan fingerprint density at radius 3 is 1.48 bits per heavy atom. The molecule has 0 bridgehead atoms. The second-order valence-corrected chi connectivity index (χ2v) is 7.03. The zero-order chi connectivity index (χ0) is 19.0. The van der Waals surface area contributed by atoms with Crippen LogP contribution in [0.15, 0.2) is 0 Å². The molecule has 0 radical (unpaired) electrons. The lowest BCUT2D eigenvalue weighted by atomic mass is 9.72. The molecule has 0 unspecified atom stereocenters. The number of nitrogens with one attached hydrogen (secondary N) is 2. The molecule has 0 saturated carbocycles. The largest absolute Gasteiger partial charge is 0.330 e. The van der Waals surface area contributed by atoms with Crippen LogP contribution in [0.1, 0.15) is 71.1 Å². The molecule has 0 fully saturated rings. The Morgan fingerprint density at radius 2 is 1.08 bits per heavy atom. The lowest BCUT2D eigenvalue weighted by Gasteiger charge is -2.47. The molecule has 0 aromatic heterocycles. The van der Waals surface area contributed by atoms with Gasteiger partial charge in [-0.3, -0.25) is 0 Å². The highest BCUT2D eigenvalue weighted by Gasteiger charge is 2.52. The van der Waals surface area contributed by atoms with E-state index in [-0.39, 0.29) is 5.41 Å². The number of rotatable bonds is 18. The standard InChI is InChI=1S/C20H44N2O3/c1-7-8-9-10-11-14-19(15-12-17-21-2,16-13-18-22-3)20(23-4,24-5)25-6/h21-22H,7-18H2,1-6H3. The number of hydrogen-bond donors (Lipinski definition) is 2. The summed E-state index contributed by atoms with van der Waals surface area (Å²) in [5, 5.41) is 6.52. The fourth-order valence-corrected chi connectivity index (χ4v) is 4.01. The van der Waals surface area contributed by atoms with Crippen molar-refractivity contribution >= 4 is 0 Å². The van der Waals surface area contributed by atoms with Crippen molar-refractivity contribution in [3.8, 4) is 0 Å². The minimum atomic E-state index is -0.973. The fourth-order valence-electron chi connectivity index (χ4n) is 4.01. The van der Waals surface area contributed by atoms with E-state index in [1.165, 1.54) is 32.1 Å². The summed E-state index contributed by atoms with van der Waals surface area (Å²) in [6.07, 6.45) is 11.6. The minimum Gasteiger partial charge on any atom is -0.330 e. The van der Waals surface area contributed by atoms with E-state index >= 15 is 0 Å². The molecule has 25 heavy (non-hydrogen) atoms. The Kier molecular flexibility index (Phi) is 14.8. The first-order chi connectivity index (χ1) is 12.1. The molecule has 0 aliphatic heterocycles. The summed E-state index contributed by atoms with van der Waals surface area (Å²) in [5.74, 6) is -0.973. The molecule has 0 amide bonds. The zero-order valence-electron chi connectivity index (χ0n) is 17.7. The van der Waals surface area contributed by atoms with E-state index < -0.39 is 5.97 Å². The van der Waals surface area contributed by atoms with Crippen LogP contribution in [0.3, 0.4) is 0 Å². The van der Waals surface area contributed by atoms with Crippen molar-refractivity contribution in [2.45, 2.75) is 77.1 Å². The number of unbranched alkanes of at least 4 members (excludes halogenated alkanes) is 4. The lowest BCUT2D eigenvalue weighted by molar-refractivity contribution is -0.411. The Labute approximate surface area is 156 Å². The third-order valence-electron chi connectivity index (χ3n) is 5.38. The van der Waals surface area contributed by atoms with Crippen molar-refractivity contribution in [3.05, 3.63) is 0 Å². The minimum absolute atomic E-state index is 0.134. The summed E-state index contributed by atoms with van der Waals surface area (Å²) in [4.78, 5) is 0. The zero-order valence-corrected chi connectivity index (χ0v) is 17.7. The monoisotopic (exact) mass is 360 g/mol. The maximum atomic E-state index is 5.86. The number of hydrogen-bond acceptors (Lipinski definition) is 5. The van der Waals surface area contributed by atoms with Gasteiger partial charge in [0.25, 0.3) is 5.97 Å². The molecule has 0 saturated heterocycles. The Hall–Kier alpha value is -0.200. The fraction of sp³-hybridized carbons (Fsp3) is 1.00. The number of ether oxygens (including phenoxy) is 3. The lowest BCUT2D eigenvalue weighted by Crippen LogP contribution is -2.53. The van der Waals surface area contributed by atoms with Crippen molar-refractivity contribution in [2.24, 2.45) is 5.41 Å². The SMILES string of the molecule is CCCCCCCC(CCCNC)(CCCNC)C(OC)(OC)OC. The average Bonchev–Trinajstić information content (AvgIpc) is 2.63. The van der Waals surface area contributed by atoms with Crippen LogP contribution in [-0.2, 0) is 14.2 Å². The van der Waals surface area contributed by atoms with Crippen molar-refractivity contribution < 1.29 is 14.2 Å². The number of methoxy groups -OCH3 is 3. The van der Waals surface area contributed by atoms with Crippen LogP contribution in [0, 0.1) is 5.41 Å². The predicted octanol–water partition coefficient (Wildman–Crippen LogP) is 3.93. The van der Waals surface area contributed by atoms with Crippen molar-refractivity contribution in [3.63, 3.8) is 0 Å². The predicted molar refractivity (Wildman–Crippen MR) is 106 cm³/mol. The van der Waals surface area contributed by atoms with E-state index in [1.807, 2.05) is 14.1 Å². The maximum Gasteiger partial charge on any atom is 0.288 e. The van der Waals surface area contributed by atoms with Crippen LogP contribution in [-0.4, -0.2) is 54.5 Å². The topological polar surface area (TPSA) is 51.8 Å². The summed E-state index contributed by atoms with van der Waals surface area (Å²) in [5.41, 5.74) is -0.134. The van der Waals surface area contributed by atoms with Crippen molar-refractivity contribution in [1.82, 2.24) is 10.6 Å². The molecule has 2 N–H and O–H groups in total. The molecular weight excluding hydrogens is 316 g/mol. The molecule has 0 aliphatic rings. The maximum absolute atomic E-state index is 5.86. The highest BCUT2D eigenvalue weighted by atomic mass is 16.9. The molecule has 5 nitrogen and oxygen atoms in total. The Balaban J connectivity index is 5.29. The Bertz CT molecular complexity index is 278. The summed E-state index contributed by atoms with van der Waals surface area (Å²) in [6.45, 7) is 4.25. The van der Waals surface area contributed by atoms with Gasteiger partial charge in [-0.1, -0.05) is 39.0 Å². The van der Waals surface area contributed by atoms with Gasteiger partial charge >= 0.3 is 0 Å².